The molecule has 2 aromatic rings. The van der Waals surface area contributed by atoms with E-state index >= 15 is 0 Å². The topological polar surface area (TPSA) is 60.8 Å². The van der Waals surface area contributed by atoms with Crippen LogP contribution in [0.5, 0.6) is 0 Å². The van der Waals surface area contributed by atoms with Gasteiger partial charge < -0.3 is 10.2 Å². The van der Waals surface area contributed by atoms with E-state index in [-0.39, 0.29) is 6.61 Å². The number of aliphatic hydroxyl groups excluding tert-OH is 1. The van der Waals surface area contributed by atoms with Crippen molar-refractivity contribution in [1.82, 2.24) is 4.90 Å². The molecule has 2 N–H and O–H groups in total. The molecule has 2 aromatic carbocycles. The highest BCUT2D eigenvalue weighted by Crippen LogP contribution is 2.12. The predicted octanol–water partition coefficient (Wildman–Crippen LogP) is 2.77. The van der Waals surface area contributed by atoms with Gasteiger partial charge in [-0.15, -0.1) is 0 Å². The van der Waals surface area contributed by atoms with Crippen molar-refractivity contribution in [2.75, 3.05) is 13.2 Å². The lowest BCUT2D eigenvalue weighted by Crippen LogP contribution is -2.24. The van der Waals surface area contributed by atoms with Gasteiger partial charge in [0.25, 0.3) is 0 Å². The lowest BCUT2D eigenvalue weighted by molar-refractivity contribution is 0.0696. The van der Waals surface area contributed by atoms with Crippen LogP contribution in [0.3, 0.4) is 0 Å². The van der Waals surface area contributed by atoms with Crippen LogP contribution in [0.4, 0.5) is 0 Å². The third-order valence-electron chi connectivity index (χ3n) is 3.46. The first-order valence-electron chi connectivity index (χ1n) is 7.38. The fourth-order valence-corrected chi connectivity index (χ4v) is 2.41. The van der Waals surface area contributed by atoms with Crippen LogP contribution in [0.1, 0.15) is 27.9 Å². The third-order valence-corrected chi connectivity index (χ3v) is 3.46. The van der Waals surface area contributed by atoms with Crippen molar-refractivity contribution in [3.8, 4) is 0 Å². The monoisotopic (exact) mass is 299 g/mol. The molecule has 116 valence electrons. The molecule has 0 aliphatic heterocycles. The van der Waals surface area contributed by atoms with Gasteiger partial charge in [0.05, 0.1) is 5.56 Å². The minimum absolute atomic E-state index is 0.153. The largest absolute Gasteiger partial charge is 0.478 e. The van der Waals surface area contributed by atoms with E-state index < -0.39 is 5.97 Å². The van der Waals surface area contributed by atoms with Gasteiger partial charge in [-0.3, -0.25) is 4.90 Å². The van der Waals surface area contributed by atoms with Crippen molar-refractivity contribution >= 4 is 5.97 Å². The summed E-state index contributed by atoms with van der Waals surface area (Å²) in [6, 6.07) is 17.1. The number of hydrogen-bond acceptors (Lipinski definition) is 3. The summed E-state index contributed by atoms with van der Waals surface area (Å²) in [5.74, 6) is -0.910. The molecule has 0 aromatic heterocycles. The van der Waals surface area contributed by atoms with Crippen LogP contribution in [-0.4, -0.2) is 34.2 Å². The second-order valence-corrected chi connectivity index (χ2v) is 5.28. The van der Waals surface area contributed by atoms with Gasteiger partial charge in [0, 0.05) is 26.2 Å². The number of carboxylic acid groups (broad SMARTS) is 1. The predicted molar refractivity (Wildman–Crippen MR) is 85.7 cm³/mol. The van der Waals surface area contributed by atoms with Gasteiger partial charge in [0.1, 0.15) is 0 Å². The number of rotatable bonds is 8. The van der Waals surface area contributed by atoms with Crippen LogP contribution >= 0.6 is 0 Å². The second-order valence-electron chi connectivity index (χ2n) is 5.28. The zero-order chi connectivity index (χ0) is 15.8. The molecule has 0 atom stereocenters. The number of hydrogen-bond donors (Lipinski definition) is 2. The molecule has 0 fully saturated rings. The second kappa shape index (κ2) is 8.32. The van der Waals surface area contributed by atoms with E-state index in [4.69, 9.17) is 10.2 Å². The fourth-order valence-electron chi connectivity index (χ4n) is 2.41. The quantitative estimate of drug-likeness (QED) is 0.787. The number of aromatic carboxylic acids is 1. The molecule has 2 rings (SSSR count). The minimum Gasteiger partial charge on any atom is -0.478 e. The molecule has 0 aliphatic rings. The maximum absolute atomic E-state index is 11.1. The summed E-state index contributed by atoms with van der Waals surface area (Å²) in [5.41, 5.74) is 2.47. The molecular formula is C18H21NO3. The van der Waals surface area contributed by atoms with E-state index in [1.165, 1.54) is 5.56 Å². The Morgan fingerprint density at radius 3 is 2.32 bits per heavy atom. The van der Waals surface area contributed by atoms with Crippen molar-refractivity contribution in [2.24, 2.45) is 0 Å². The standard InChI is InChI=1S/C18H21NO3/c20-11-5-10-19(13-15-6-2-1-3-7-15)14-16-8-4-9-17(12-16)18(21)22/h1-4,6-9,12,20H,5,10-11,13-14H2,(H,21,22). The minimum atomic E-state index is -0.910. The van der Waals surface area contributed by atoms with E-state index in [2.05, 4.69) is 17.0 Å². The highest BCUT2D eigenvalue weighted by atomic mass is 16.4. The van der Waals surface area contributed by atoms with Crippen LogP contribution in [0.25, 0.3) is 0 Å². The van der Waals surface area contributed by atoms with Crippen molar-refractivity contribution < 1.29 is 15.0 Å². The molecule has 4 nitrogen and oxygen atoms in total. The summed E-state index contributed by atoms with van der Waals surface area (Å²) in [5, 5.41) is 18.1. The molecule has 0 aliphatic carbocycles. The normalized spacial score (nSPS) is 10.8. The molecular weight excluding hydrogens is 278 g/mol. The highest BCUT2D eigenvalue weighted by molar-refractivity contribution is 5.87. The average Bonchev–Trinajstić information content (AvgIpc) is 2.54. The van der Waals surface area contributed by atoms with E-state index in [0.29, 0.717) is 18.5 Å². The number of carboxylic acids is 1. The van der Waals surface area contributed by atoms with Crippen molar-refractivity contribution in [3.63, 3.8) is 0 Å². The molecule has 4 heteroatoms. The van der Waals surface area contributed by atoms with E-state index in [1.54, 1.807) is 18.2 Å². The molecule has 0 radical (unpaired) electrons. The Kier molecular flexibility index (Phi) is 6.13. The number of benzene rings is 2. The number of carbonyl (C=O) groups is 1. The summed E-state index contributed by atoms with van der Waals surface area (Å²) in [7, 11) is 0. The fraction of sp³-hybridized carbons (Fsp3) is 0.278. The Morgan fingerprint density at radius 1 is 0.955 bits per heavy atom. The lowest BCUT2D eigenvalue weighted by Gasteiger charge is -2.22. The summed E-state index contributed by atoms with van der Waals surface area (Å²) < 4.78 is 0. The number of aliphatic hydroxyl groups is 1. The Bertz CT molecular complexity index is 598. The van der Waals surface area contributed by atoms with Crippen LogP contribution in [0, 0.1) is 0 Å². The van der Waals surface area contributed by atoms with Gasteiger partial charge in [-0.05, 0) is 29.7 Å². The number of nitrogens with zero attached hydrogens (tertiary/aromatic N) is 1. The molecule has 0 amide bonds. The van der Waals surface area contributed by atoms with Crippen LogP contribution < -0.4 is 0 Å². The molecule has 0 bridgehead atoms. The highest BCUT2D eigenvalue weighted by Gasteiger charge is 2.09. The molecule has 0 heterocycles. The Hall–Kier alpha value is -2.17. The smallest absolute Gasteiger partial charge is 0.335 e. The molecule has 0 saturated carbocycles. The van der Waals surface area contributed by atoms with Crippen molar-refractivity contribution in [1.29, 1.82) is 0 Å². The van der Waals surface area contributed by atoms with Crippen molar-refractivity contribution in [2.45, 2.75) is 19.5 Å². The maximum atomic E-state index is 11.1. The van der Waals surface area contributed by atoms with Gasteiger partial charge in [-0.25, -0.2) is 4.79 Å². The Morgan fingerprint density at radius 2 is 1.64 bits per heavy atom. The Labute approximate surface area is 130 Å². The summed E-state index contributed by atoms with van der Waals surface area (Å²) in [4.78, 5) is 13.3. The van der Waals surface area contributed by atoms with Crippen LogP contribution in [0.15, 0.2) is 54.6 Å². The zero-order valence-corrected chi connectivity index (χ0v) is 12.5. The zero-order valence-electron chi connectivity index (χ0n) is 12.5. The van der Waals surface area contributed by atoms with E-state index in [0.717, 1.165) is 18.7 Å². The first kappa shape index (κ1) is 16.2. The molecule has 22 heavy (non-hydrogen) atoms. The van der Waals surface area contributed by atoms with Gasteiger partial charge in [-0.2, -0.15) is 0 Å². The van der Waals surface area contributed by atoms with Gasteiger partial charge in [0.2, 0.25) is 0 Å². The lowest BCUT2D eigenvalue weighted by atomic mass is 10.1. The van der Waals surface area contributed by atoms with Gasteiger partial charge in [0.15, 0.2) is 0 Å². The Balaban J connectivity index is 2.08. The molecule has 0 unspecified atom stereocenters. The molecule has 0 saturated heterocycles. The average molecular weight is 299 g/mol. The first-order chi connectivity index (χ1) is 10.7. The van der Waals surface area contributed by atoms with Crippen LogP contribution in [0.2, 0.25) is 0 Å². The van der Waals surface area contributed by atoms with Gasteiger partial charge >= 0.3 is 5.97 Å². The van der Waals surface area contributed by atoms with Gasteiger partial charge in [-0.1, -0.05) is 42.5 Å². The summed E-state index contributed by atoms with van der Waals surface area (Å²) in [6.07, 6.45) is 0.700. The SMILES string of the molecule is O=C(O)c1cccc(CN(CCCO)Cc2ccccc2)c1. The summed E-state index contributed by atoms with van der Waals surface area (Å²) in [6.45, 7) is 2.36. The van der Waals surface area contributed by atoms with E-state index in [1.807, 2.05) is 24.3 Å². The first-order valence-corrected chi connectivity index (χ1v) is 7.38. The maximum Gasteiger partial charge on any atom is 0.335 e. The summed E-state index contributed by atoms with van der Waals surface area (Å²) >= 11 is 0. The third kappa shape index (κ3) is 4.98. The molecule has 0 spiro atoms. The van der Waals surface area contributed by atoms with Crippen molar-refractivity contribution in [3.05, 3.63) is 71.3 Å². The van der Waals surface area contributed by atoms with E-state index in [9.17, 15) is 4.79 Å². The van der Waals surface area contributed by atoms with Crippen LogP contribution in [-0.2, 0) is 13.1 Å².